The molecule has 0 spiro atoms. The van der Waals surface area contributed by atoms with E-state index in [0.717, 1.165) is 18.3 Å². The maximum atomic E-state index is 15.0. The van der Waals surface area contributed by atoms with Gasteiger partial charge in [0.1, 0.15) is 83.9 Å². The van der Waals surface area contributed by atoms with E-state index in [4.69, 9.17) is 115 Å². The molecule has 25 atom stereocenters. The Hall–Kier alpha value is -4.87. The Morgan fingerprint density at radius 2 is 0.896 bits per heavy atom. The molecule has 41 nitrogen and oxygen atoms in total. The Labute approximate surface area is 617 Å². The van der Waals surface area contributed by atoms with Crippen LogP contribution >= 0.6 is 39.2 Å². The minimum atomic E-state index is -4.89. The van der Waals surface area contributed by atoms with Gasteiger partial charge in [-0.3, -0.25) is 80.0 Å². The second-order valence-electron chi connectivity index (χ2n) is 26.9. The molecule has 13 rings (SSSR count). The number of aromatic nitrogens is 10. The number of ether oxygens (including phenoxy) is 8. The Morgan fingerprint density at radius 3 is 1.38 bits per heavy atom. The zero-order chi connectivity index (χ0) is 76.8. The van der Waals surface area contributed by atoms with E-state index in [-0.39, 0.29) is 40.9 Å². The van der Waals surface area contributed by atoms with Gasteiger partial charge < -0.3 is 81.5 Å². The van der Waals surface area contributed by atoms with E-state index in [9.17, 15) is 67.5 Å². The molecule has 0 aromatic carbocycles. The molecule has 8 aliphatic rings. The van der Waals surface area contributed by atoms with Gasteiger partial charge in [0.2, 0.25) is 0 Å². The van der Waals surface area contributed by atoms with Crippen LogP contribution < -0.4 is 56.4 Å². The van der Waals surface area contributed by atoms with Crippen molar-refractivity contribution in [2.75, 3.05) is 32.2 Å². The summed E-state index contributed by atoms with van der Waals surface area (Å²) in [5.41, 5.74) is -6.36. The summed E-state index contributed by atoms with van der Waals surface area (Å²) in [6.07, 6.45) is -17.3. The van der Waals surface area contributed by atoms with E-state index < -0.39 is 231 Å². The lowest BCUT2D eigenvalue weighted by Gasteiger charge is -2.38. The number of hydrogen-bond donors (Lipinski definition) is 10. The number of aliphatic hydroxyl groups is 1. The summed E-state index contributed by atoms with van der Waals surface area (Å²) in [7, 11) is 0. The minimum absolute atomic E-state index is 0.0308. The number of nitrogens with zero attached hydrogens (tertiary/aromatic N) is 6. The highest BCUT2D eigenvalue weighted by atomic mass is 32.7. The van der Waals surface area contributed by atoms with E-state index in [0.29, 0.717) is 12.0 Å². The monoisotopic (exact) mass is 1650 g/mol. The van der Waals surface area contributed by atoms with E-state index in [2.05, 4.69) is 37.2 Å². The van der Waals surface area contributed by atoms with Gasteiger partial charge in [-0.25, -0.2) is 28.5 Å². The SMILES string of the molecule is CC[C@H]1O[C@@H](n2cc(C)c(=O)[nH]c2=O)C[C@H]1OP(O)(=S)OC[C@H]1O[C@@H](n2cc(C)c(=O)[nH]c2=O)C[C@H]1OP(=O)(S)OC[C@]12O[C@@H](n3cc(C)c(N)nc3=O)C(O[C@H]1C)[C@H]2OP(O)(=S)OC[C@]12O[C@@H](n3cc(C)c(=O)[nH]c3=O)C(O[C@H]1C)[C@H]2OP(O)(=S)OC[C@]12O[C@@H](n3cc(C)c(=O)[nH]c3=O)C(O[C@H]1C)[C@H]2O. The number of nitrogen functional groups attached to an aromatic ring is 1. The van der Waals surface area contributed by atoms with Crippen LogP contribution in [-0.4, -0.2) is 190 Å². The molecule has 49 heteroatoms. The molecule has 0 amide bonds. The van der Waals surface area contributed by atoms with E-state index in [1.807, 2.05) is 0 Å². The molecule has 10 N–H and O–H groups in total. The summed E-state index contributed by atoms with van der Waals surface area (Å²) in [4.78, 5) is 165. The summed E-state index contributed by atoms with van der Waals surface area (Å²) in [6.45, 7) is -8.45. The number of aromatic amines is 4. The van der Waals surface area contributed by atoms with Gasteiger partial charge in [-0.1, -0.05) is 19.2 Å². The highest BCUT2D eigenvalue weighted by Gasteiger charge is 2.72. The third-order valence-electron chi connectivity index (χ3n) is 20.1. The van der Waals surface area contributed by atoms with Crippen molar-refractivity contribution < 1.29 is 98.4 Å². The van der Waals surface area contributed by atoms with Crippen LogP contribution in [0.25, 0.3) is 0 Å². The fourth-order valence-corrected chi connectivity index (χ4v) is 20.2. The predicted octanol–water partition coefficient (Wildman–Crippen LogP) is -0.625. The number of nitrogens with one attached hydrogen (secondary N) is 4. The van der Waals surface area contributed by atoms with E-state index in [1.165, 1.54) is 84.0 Å². The first-order valence-electron chi connectivity index (χ1n) is 32.8. The number of H-pyrrole nitrogens is 4. The molecule has 0 saturated carbocycles. The number of rotatable bonds is 26. The Balaban J connectivity index is 0.755. The molecule has 0 aliphatic carbocycles. The molecule has 106 heavy (non-hydrogen) atoms. The molecular formula is C57H75N11O30P4S4. The molecular weight excluding hydrogens is 1570 g/mol. The molecule has 13 heterocycles. The largest absolute Gasteiger partial charge is 0.387 e. The van der Waals surface area contributed by atoms with Gasteiger partial charge in [-0.05, 0) is 97.2 Å². The van der Waals surface area contributed by atoms with Crippen LogP contribution in [0.3, 0.4) is 0 Å². The molecule has 0 radical (unpaired) electrons. The lowest BCUT2D eigenvalue weighted by Crippen LogP contribution is -2.52. The lowest BCUT2D eigenvalue weighted by molar-refractivity contribution is -0.219. The van der Waals surface area contributed by atoms with Crippen molar-refractivity contribution in [3.63, 3.8) is 0 Å². The zero-order valence-electron chi connectivity index (χ0n) is 57.4. The Bertz CT molecular complexity index is 5110. The van der Waals surface area contributed by atoms with Crippen molar-refractivity contribution in [2.45, 2.75) is 209 Å². The quantitative estimate of drug-likeness (QED) is 0.0243. The van der Waals surface area contributed by atoms with Crippen molar-refractivity contribution in [3.8, 4) is 0 Å². The number of nitrogens with two attached hydrogens (primary N) is 1. The van der Waals surface area contributed by atoms with Gasteiger partial charge in [0.15, 0.2) is 18.7 Å². The summed E-state index contributed by atoms with van der Waals surface area (Å²) in [5, 5.41) is 11.7. The Morgan fingerprint density at radius 1 is 0.528 bits per heavy atom. The lowest BCUT2D eigenvalue weighted by atomic mass is 9.94. The number of anilines is 1. The van der Waals surface area contributed by atoms with Gasteiger partial charge in [-0.15, -0.1) is 0 Å². The molecule has 5 aromatic heterocycles. The van der Waals surface area contributed by atoms with Crippen LogP contribution in [0.15, 0.2) is 74.1 Å². The van der Waals surface area contributed by atoms with Crippen molar-refractivity contribution in [1.82, 2.24) is 47.8 Å². The predicted molar refractivity (Wildman–Crippen MR) is 376 cm³/mol. The van der Waals surface area contributed by atoms with Crippen LogP contribution in [0.2, 0.25) is 0 Å². The fourth-order valence-electron chi connectivity index (χ4n) is 14.3. The average Bonchev–Trinajstić information content (AvgIpc) is 1.56. The van der Waals surface area contributed by atoms with Crippen LogP contribution in [0.1, 0.15) is 106 Å². The summed E-state index contributed by atoms with van der Waals surface area (Å²) >= 11 is 21.3. The standard InChI is InChI=1S/C57H75N11O30P4S4/c1-10-30-31(11-34(90-30)64-14-23(3)43(70)60-51(64)75)95-99(79,103)83-18-33-32(12-35(91-33)65-15-24(4)44(71)61-52(65)76)96-100(80,104)85-20-56-28(8)88-37(48(93-56)66-13-22(2)42(58)59-50(66)74)40(56)98-102(82,106)86-21-57-29(9)89-38(49(94-57)68-17-26(6)46(73)63-54(68)78)41(57)97-101(81,105)84-19-55-27(7)87-36(39(55)69)47(92-55)67-16-25(5)45(72)62-53(67)77/h13-17,27-41,47-49,69H,10-12,18-21H2,1-9H3,(H,79,103)(H,80,104)(H,81,105)(H,82,106)(H2,58,59,74)(H,60,70,75)(H,61,71,76)(H,62,72,77)(H,63,73,78)/t27-,28-,29-,30+,31+,32+,33+,34+,35+,36?,37?,38?,39+,40+,41+,47+,48+,49+,55-,56-,57-,99?,100?,101?,102?/m0/s1. The van der Waals surface area contributed by atoms with Crippen LogP contribution in [0.4, 0.5) is 5.82 Å². The molecule has 5 aromatic rings. The van der Waals surface area contributed by atoms with Crippen LogP contribution in [0.5, 0.6) is 0 Å². The molecule has 6 bridgehead atoms. The van der Waals surface area contributed by atoms with Gasteiger partial charge in [0, 0.05) is 71.6 Å². The van der Waals surface area contributed by atoms with Crippen molar-refractivity contribution in [1.29, 1.82) is 0 Å². The van der Waals surface area contributed by atoms with Gasteiger partial charge in [-0.2, -0.15) is 4.98 Å². The molecule has 7 unspecified atom stereocenters. The van der Waals surface area contributed by atoms with Gasteiger partial charge in [0.05, 0.1) is 56.9 Å². The molecule has 8 aliphatic heterocycles. The number of thiol groups is 1. The third-order valence-corrected chi connectivity index (χ3v) is 26.4. The smallest absolute Gasteiger partial charge is 0.386 e. The second kappa shape index (κ2) is 29.0. The summed E-state index contributed by atoms with van der Waals surface area (Å²) < 4.78 is 120. The normalized spacial score (nSPS) is 35.9. The van der Waals surface area contributed by atoms with Gasteiger partial charge >= 0.3 is 55.4 Å². The topological polar surface area (TPSA) is 526 Å². The molecule has 582 valence electrons. The highest BCUT2D eigenvalue weighted by molar-refractivity contribution is 8.44. The van der Waals surface area contributed by atoms with Crippen molar-refractivity contribution in [2.24, 2.45) is 0 Å². The maximum Gasteiger partial charge on any atom is 0.386 e. The average molecular weight is 1650 g/mol. The van der Waals surface area contributed by atoms with Crippen LogP contribution in [0, 0.1) is 34.6 Å². The summed E-state index contributed by atoms with van der Waals surface area (Å²) in [5.74, 6) is -0.135. The Kier molecular flexibility index (Phi) is 21.7. The summed E-state index contributed by atoms with van der Waals surface area (Å²) in [6, 6.07) is 0. The third kappa shape index (κ3) is 14.7. The maximum absolute atomic E-state index is 15.0. The number of aryl methyl sites for hydroxylation is 5. The van der Waals surface area contributed by atoms with Crippen LogP contribution in [-0.2, 0) is 114 Å². The van der Waals surface area contributed by atoms with E-state index in [1.54, 1.807) is 13.8 Å². The minimum Gasteiger partial charge on any atom is -0.387 e. The zero-order valence-corrected chi connectivity index (χ0v) is 64.3. The molecule has 8 fully saturated rings. The van der Waals surface area contributed by atoms with E-state index >= 15 is 0 Å². The first-order chi connectivity index (χ1) is 49.6. The number of hydrogen-bond acceptors (Lipinski definition) is 32. The fraction of sp³-hybridized carbons (Fsp3) is 0.649. The first-order valence-corrected chi connectivity index (χ1v) is 43.3. The second-order valence-corrected chi connectivity index (χ2v) is 38.2. The number of aliphatic hydroxyl groups excluding tert-OH is 1. The first kappa shape index (κ1) is 79.2. The van der Waals surface area contributed by atoms with Gasteiger partial charge in [0.25, 0.3) is 22.2 Å². The number of fused-ring (bicyclic) bond motifs is 6. The molecule has 8 saturated heterocycles. The highest BCUT2D eigenvalue weighted by Crippen LogP contribution is 2.64. The van der Waals surface area contributed by atoms with Crippen molar-refractivity contribution >= 4 is 80.4 Å². The van der Waals surface area contributed by atoms with Crippen molar-refractivity contribution in [3.05, 3.63) is 153 Å².